The third-order valence-corrected chi connectivity index (χ3v) is 2.64. The molecule has 0 saturated carbocycles. The molecule has 3 N–H and O–H groups in total. The Hall–Kier alpha value is -1.07. The Morgan fingerprint density at radius 1 is 1.53 bits per heavy atom. The van der Waals surface area contributed by atoms with Crippen LogP contribution in [0.25, 0.3) is 11.5 Å². The standard InChI is InChI=1S/C10H12BrN3O/c1-6-2-3-7(15-6)9-10(11)14-8(13-9)4-5-12/h2-3H,4-5,12H2,1H3,(H,13,14). The van der Waals surface area contributed by atoms with E-state index in [4.69, 9.17) is 10.2 Å². The minimum Gasteiger partial charge on any atom is -0.460 e. The van der Waals surface area contributed by atoms with Gasteiger partial charge in [-0.3, -0.25) is 0 Å². The van der Waals surface area contributed by atoms with Crippen molar-refractivity contribution in [3.8, 4) is 11.5 Å². The highest BCUT2D eigenvalue weighted by Gasteiger charge is 2.12. The number of nitrogens with two attached hydrogens (primary N) is 1. The molecule has 0 atom stereocenters. The molecule has 2 aromatic rings. The molecule has 4 nitrogen and oxygen atoms in total. The van der Waals surface area contributed by atoms with Gasteiger partial charge in [0, 0.05) is 6.42 Å². The molecule has 80 valence electrons. The van der Waals surface area contributed by atoms with Crippen molar-refractivity contribution in [3.63, 3.8) is 0 Å². The maximum Gasteiger partial charge on any atom is 0.155 e. The van der Waals surface area contributed by atoms with E-state index in [1.807, 2.05) is 19.1 Å². The van der Waals surface area contributed by atoms with Crippen molar-refractivity contribution in [3.05, 3.63) is 28.3 Å². The molecule has 0 aliphatic heterocycles. The van der Waals surface area contributed by atoms with E-state index in [0.29, 0.717) is 6.54 Å². The van der Waals surface area contributed by atoms with Gasteiger partial charge in [-0.2, -0.15) is 0 Å². The first-order chi connectivity index (χ1) is 7.20. The molecule has 0 aliphatic carbocycles. The molecule has 0 fully saturated rings. The lowest BCUT2D eigenvalue weighted by Crippen LogP contribution is -2.03. The van der Waals surface area contributed by atoms with Gasteiger partial charge in [-0.15, -0.1) is 0 Å². The first-order valence-corrected chi connectivity index (χ1v) is 5.51. The van der Waals surface area contributed by atoms with Crippen LogP contribution < -0.4 is 5.73 Å². The van der Waals surface area contributed by atoms with Crippen LogP contribution in [0.2, 0.25) is 0 Å². The molecule has 0 radical (unpaired) electrons. The maximum atomic E-state index is 5.50. The van der Waals surface area contributed by atoms with E-state index < -0.39 is 0 Å². The van der Waals surface area contributed by atoms with Gasteiger partial charge in [0.05, 0.1) is 0 Å². The van der Waals surface area contributed by atoms with Crippen molar-refractivity contribution in [1.29, 1.82) is 0 Å². The highest BCUT2D eigenvalue weighted by molar-refractivity contribution is 9.10. The van der Waals surface area contributed by atoms with E-state index in [2.05, 4.69) is 25.9 Å². The van der Waals surface area contributed by atoms with Gasteiger partial charge in [0.25, 0.3) is 0 Å². The summed E-state index contributed by atoms with van der Waals surface area (Å²) >= 11 is 3.41. The second-order valence-electron chi connectivity index (χ2n) is 3.30. The van der Waals surface area contributed by atoms with E-state index in [9.17, 15) is 0 Å². The van der Waals surface area contributed by atoms with E-state index >= 15 is 0 Å². The van der Waals surface area contributed by atoms with Crippen molar-refractivity contribution in [2.24, 2.45) is 5.73 Å². The van der Waals surface area contributed by atoms with Gasteiger partial charge in [-0.25, -0.2) is 4.98 Å². The van der Waals surface area contributed by atoms with Gasteiger partial charge in [-0.05, 0) is 41.5 Å². The molecule has 15 heavy (non-hydrogen) atoms. The number of aromatic nitrogens is 2. The lowest BCUT2D eigenvalue weighted by molar-refractivity contribution is 0.546. The Bertz CT molecular complexity index is 461. The Morgan fingerprint density at radius 3 is 2.93 bits per heavy atom. The summed E-state index contributed by atoms with van der Waals surface area (Å²) in [7, 11) is 0. The number of imidazole rings is 1. The summed E-state index contributed by atoms with van der Waals surface area (Å²) in [4.78, 5) is 7.53. The summed E-state index contributed by atoms with van der Waals surface area (Å²) < 4.78 is 6.33. The average molecular weight is 270 g/mol. The number of rotatable bonds is 3. The molecule has 0 saturated heterocycles. The number of aryl methyl sites for hydroxylation is 1. The zero-order chi connectivity index (χ0) is 10.8. The number of furan rings is 1. The molecule has 2 rings (SSSR count). The van der Waals surface area contributed by atoms with Gasteiger partial charge >= 0.3 is 0 Å². The number of hydrogen-bond donors (Lipinski definition) is 2. The third-order valence-electron chi connectivity index (χ3n) is 2.06. The summed E-state index contributed by atoms with van der Waals surface area (Å²) in [5.74, 6) is 2.51. The van der Waals surface area contributed by atoms with Crippen molar-refractivity contribution < 1.29 is 4.42 Å². The summed E-state index contributed by atoms with van der Waals surface area (Å²) in [5.41, 5.74) is 6.26. The van der Waals surface area contributed by atoms with E-state index in [1.165, 1.54) is 0 Å². The van der Waals surface area contributed by atoms with Crippen molar-refractivity contribution >= 4 is 15.9 Å². The largest absolute Gasteiger partial charge is 0.460 e. The first-order valence-electron chi connectivity index (χ1n) is 4.72. The van der Waals surface area contributed by atoms with Crippen LogP contribution in [-0.4, -0.2) is 16.5 Å². The number of halogens is 1. The van der Waals surface area contributed by atoms with Crippen LogP contribution in [0.3, 0.4) is 0 Å². The predicted octanol–water partition coefficient (Wildman–Crippen LogP) is 2.24. The van der Waals surface area contributed by atoms with Crippen LogP contribution in [0.15, 0.2) is 21.2 Å². The smallest absolute Gasteiger partial charge is 0.155 e. The Balaban J connectivity index is 2.35. The molecule has 0 unspecified atom stereocenters. The molecule has 0 aliphatic rings. The van der Waals surface area contributed by atoms with Gasteiger partial charge in [0.2, 0.25) is 0 Å². The fourth-order valence-corrected chi connectivity index (χ4v) is 1.89. The van der Waals surface area contributed by atoms with E-state index in [-0.39, 0.29) is 0 Å². The molecule has 0 amide bonds. The number of H-pyrrole nitrogens is 1. The summed E-state index contributed by atoms with van der Waals surface area (Å²) in [6.07, 6.45) is 0.734. The third kappa shape index (κ3) is 2.13. The van der Waals surface area contributed by atoms with Crippen molar-refractivity contribution in [2.45, 2.75) is 13.3 Å². The number of nitrogens with one attached hydrogen (secondary N) is 1. The molecule has 0 spiro atoms. The van der Waals surface area contributed by atoms with Crippen molar-refractivity contribution in [1.82, 2.24) is 9.97 Å². The molecule has 2 aromatic heterocycles. The quantitative estimate of drug-likeness (QED) is 0.898. The topological polar surface area (TPSA) is 67.8 Å². The fraction of sp³-hybridized carbons (Fsp3) is 0.300. The van der Waals surface area contributed by atoms with Crippen LogP contribution in [0.4, 0.5) is 0 Å². The summed E-state index contributed by atoms with van der Waals surface area (Å²) in [6.45, 7) is 2.49. The van der Waals surface area contributed by atoms with Gasteiger partial charge in [-0.1, -0.05) is 0 Å². The predicted molar refractivity (Wildman–Crippen MR) is 61.5 cm³/mol. The van der Waals surface area contributed by atoms with Crippen LogP contribution in [0.1, 0.15) is 11.6 Å². The van der Waals surface area contributed by atoms with Crippen LogP contribution in [0, 0.1) is 6.92 Å². The lowest BCUT2D eigenvalue weighted by Gasteiger charge is -1.90. The van der Waals surface area contributed by atoms with Crippen LogP contribution in [0.5, 0.6) is 0 Å². The first kappa shape index (κ1) is 10.4. The van der Waals surface area contributed by atoms with Crippen LogP contribution in [-0.2, 0) is 6.42 Å². The van der Waals surface area contributed by atoms with E-state index in [1.54, 1.807) is 0 Å². The highest BCUT2D eigenvalue weighted by atomic mass is 79.9. The minimum absolute atomic E-state index is 0.580. The fourth-order valence-electron chi connectivity index (χ4n) is 1.38. The summed E-state index contributed by atoms with van der Waals surface area (Å²) in [6, 6.07) is 3.82. The average Bonchev–Trinajstić information content (AvgIpc) is 2.73. The number of aromatic amines is 1. The SMILES string of the molecule is Cc1ccc(-c2nc(CCN)[nH]c2Br)o1. The highest BCUT2D eigenvalue weighted by Crippen LogP contribution is 2.27. The lowest BCUT2D eigenvalue weighted by atomic mass is 10.3. The molecular formula is C10H12BrN3O. The molecule has 0 bridgehead atoms. The minimum atomic E-state index is 0.580. The monoisotopic (exact) mass is 269 g/mol. The zero-order valence-electron chi connectivity index (χ0n) is 8.38. The normalized spacial score (nSPS) is 10.9. The molecule has 2 heterocycles. The molecular weight excluding hydrogens is 258 g/mol. The zero-order valence-corrected chi connectivity index (χ0v) is 9.97. The maximum absolute atomic E-state index is 5.50. The van der Waals surface area contributed by atoms with Gasteiger partial charge in [0.1, 0.15) is 21.9 Å². The van der Waals surface area contributed by atoms with Gasteiger partial charge in [0.15, 0.2) is 5.76 Å². The second-order valence-corrected chi connectivity index (χ2v) is 4.09. The Morgan fingerprint density at radius 2 is 2.33 bits per heavy atom. The van der Waals surface area contributed by atoms with Gasteiger partial charge < -0.3 is 15.1 Å². The Kier molecular flexibility index (Phi) is 2.93. The van der Waals surface area contributed by atoms with Crippen LogP contribution >= 0.6 is 15.9 Å². The number of hydrogen-bond acceptors (Lipinski definition) is 3. The Labute approximate surface area is 96.0 Å². The number of nitrogens with zero attached hydrogens (tertiary/aromatic N) is 1. The molecule has 5 heteroatoms. The van der Waals surface area contributed by atoms with E-state index in [0.717, 1.165) is 34.1 Å². The second kappa shape index (κ2) is 4.20. The molecule has 0 aromatic carbocycles. The van der Waals surface area contributed by atoms with Crippen molar-refractivity contribution in [2.75, 3.05) is 6.54 Å². The summed E-state index contributed by atoms with van der Waals surface area (Å²) in [5, 5.41) is 0.